The van der Waals surface area contributed by atoms with Crippen LogP contribution < -0.4 is 5.32 Å². The molecule has 2 aromatic rings. The number of non-ortho nitro benzene ring substituents is 1. The first kappa shape index (κ1) is 27.3. The second-order valence-corrected chi connectivity index (χ2v) is 8.50. The number of esters is 2. The van der Waals surface area contributed by atoms with E-state index in [1.165, 1.54) is 25.3 Å². The Morgan fingerprint density at radius 2 is 1.70 bits per heavy atom. The number of dihydropyridines is 1. The van der Waals surface area contributed by atoms with Gasteiger partial charge in [0.1, 0.15) is 12.7 Å². The van der Waals surface area contributed by atoms with Crippen LogP contribution in [0.15, 0.2) is 83.2 Å². The number of benzene rings is 2. The predicted octanol–water partition coefficient (Wildman–Crippen LogP) is 4.66. The van der Waals surface area contributed by atoms with Gasteiger partial charge >= 0.3 is 11.9 Å². The first-order valence-corrected chi connectivity index (χ1v) is 11.8. The van der Waals surface area contributed by atoms with E-state index in [9.17, 15) is 19.7 Å². The van der Waals surface area contributed by atoms with Crippen molar-refractivity contribution in [2.75, 3.05) is 20.3 Å². The summed E-state index contributed by atoms with van der Waals surface area (Å²) in [5.41, 5.74) is 2.48. The summed E-state index contributed by atoms with van der Waals surface area (Å²) in [7, 11) is 1.49. The number of carbonyl (C=O) groups is 2. The van der Waals surface area contributed by atoms with Crippen LogP contribution in [0.4, 0.5) is 5.69 Å². The van der Waals surface area contributed by atoms with Crippen molar-refractivity contribution < 1.29 is 28.7 Å². The molecule has 1 aliphatic heterocycles. The van der Waals surface area contributed by atoms with Crippen molar-refractivity contribution >= 4 is 23.7 Å². The van der Waals surface area contributed by atoms with E-state index in [4.69, 9.17) is 14.2 Å². The summed E-state index contributed by atoms with van der Waals surface area (Å²) < 4.78 is 16.1. The van der Waals surface area contributed by atoms with Crippen molar-refractivity contribution in [3.8, 4) is 0 Å². The Hall–Kier alpha value is -4.24. The minimum atomic E-state index is -0.936. The van der Waals surface area contributed by atoms with Gasteiger partial charge in [0.15, 0.2) is 0 Å². The van der Waals surface area contributed by atoms with E-state index in [0.717, 1.165) is 5.56 Å². The van der Waals surface area contributed by atoms with E-state index >= 15 is 0 Å². The minimum Gasteiger partial charge on any atom is -0.460 e. The van der Waals surface area contributed by atoms with Gasteiger partial charge in [0, 0.05) is 30.6 Å². The highest BCUT2D eigenvalue weighted by Crippen LogP contribution is 2.40. The van der Waals surface area contributed by atoms with E-state index in [0.29, 0.717) is 17.0 Å². The third-order valence-corrected chi connectivity index (χ3v) is 5.79. The Morgan fingerprint density at radius 1 is 1.03 bits per heavy atom. The third kappa shape index (κ3) is 6.92. The average molecular weight is 507 g/mol. The molecule has 2 aromatic carbocycles. The average Bonchev–Trinajstić information content (AvgIpc) is 2.87. The van der Waals surface area contributed by atoms with Gasteiger partial charge in [0.05, 0.1) is 28.6 Å². The highest BCUT2D eigenvalue weighted by molar-refractivity contribution is 6.00. The lowest BCUT2D eigenvalue weighted by Crippen LogP contribution is -2.33. The fraction of sp³-hybridized carbons (Fsp3) is 0.286. The summed E-state index contributed by atoms with van der Waals surface area (Å²) in [6, 6.07) is 15.4. The minimum absolute atomic E-state index is 0.0115. The van der Waals surface area contributed by atoms with Crippen molar-refractivity contribution in [2.45, 2.75) is 32.8 Å². The molecule has 9 nitrogen and oxygen atoms in total. The van der Waals surface area contributed by atoms with Gasteiger partial charge in [-0.25, -0.2) is 9.59 Å². The van der Waals surface area contributed by atoms with Gasteiger partial charge in [-0.3, -0.25) is 10.1 Å². The van der Waals surface area contributed by atoms with Gasteiger partial charge in [0.2, 0.25) is 0 Å². The number of hydrogen-bond donors (Lipinski definition) is 1. The normalized spacial score (nSPS) is 16.4. The quantitative estimate of drug-likeness (QED) is 0.214. The van der Waals surface area contributed by atoms with Crippen LogP contribution in [0.1, 0.15) is 37.8 Å². The van der Waals surface area contributed by atoms with Gasteiger partial charge in [0.25, 0.3) is 5.69 Å². The highest BCUT2D eigenvalue weighted by Gasteiger charge is 2.38. The SMILES string of the molecule is COCCOC(=O)C1=C(C)NC(C)=C(C(=O)OC(C)C=Cc2ccccc2)C1c1cccc([N+](=O)[O-])c1. The lowest BCUT2D eigenvalue weighted by Gasteiger charge is -2.30. The summed E-state index contributed by atoms with van der Waals surface area (Å²) in [6.07, 6.45) is 3.02. The Labute approximate surface area is 215 Å². The zero-order chi connectivity index (χ0) is 26.9. The zero-order valence-electron chi connectivity index (χ0n) is 21.2. The maximum absolute atomic E-state index is 13.5. The number of carbonyl (C=O) groups excluding carboxylic acids is 2. The van der Waals surface area contributed by atoms with Gasteiger partial charge in [-0.15, -0.1) is 0 Å². The van der Waals surface area contributed by atoms with Crippen LogP contribution in [0.25, 0.3) is 6.08 Å². The van der Waals surface area contributed by atoms with Gasteiger partial charge < -0.3 is 19.5 Å². The van der Waals surface area contributed by atoms with Crippen molar-refractivity contribution in [3.05, 3.63) is 104 Å². The number of methoxy groups -OCH3 is 1. The molecule has 0 saturated carbocycles. The van der Waals surface area contributed by atoms with E-state index in [-0.39, 0.29) is 30.0 Å². The maximum atomic E-state index is 13.5. The monoisotopic (exact) mass is 506 g/mol. The van der Waals surface area contributed by atoms with Gasteiger partial charge in [-0.1, -0.05) is 48.5 Å². The molecule has 0 radical (unpaired) electrons. The van der Waals surface area contributed by atoms with E-state index < -0.39 is 28.9 Å². The smallest absolute Gasteiger partial charge is 0.337 e. The van der Waals surface area contributed by atoms with E-state index in [1.807, 2.05) is 36.4 Å². The van der Waals surface area contributed by atoms with Crippen molar-refractivity contribution in [3.63, 3.8) is 0 Å². The molecule has 0 aromatic heterocycles. The van der Waals surface area contributed by atoms with Crippen LogP contribution in [0.2, 0.25) is 0 Å². The Morgan fingerprint density at radius 3 is 2.35 bits per heavy atom. The van der Waals surface area contributed by atoms with Gasteiger partial charge in [-0.2, -0.15) is 0 Å². The topological polar surface area (TPSA) is 117 Å². The summed E-state index contributed by atoms with van der Waals surface area (Å²) >= 11 is 0. The van der Waals surface area contributed by atoms with Crippen LogP contribution in [0.3, 0.4) is 0 Å². The standard InChI is InChI=1S/C28H30N2O7/c1-18(13-14-21-9-6-5-7-10-21)37-28(32)25-20(3)29-19(2)24(27(31)36-16-15-35-4)26(25)22-11-8-12-23(17-22)30(33)34/h5-14,17-18,26,29H,15-16H2,1-4H3. The highest BCUT2D eigenvalue weighted by atomic mass is 16.6. The molecule has 9 heteroatoms. The second kappa shape index (κ2) is 12.6. The molecule has 2 atom stereocenters. The Balaban J connectivity index is 1.98. The van der Waals surface area contributed by atoms with Crippen LogP contribution in [-0.2, 0) is 23.8 Å². The lowest BCUT2D eigenvalue weighted by molar-refractivity contribution is -0.384. The zero-order valence-corrected chi connectivity index (χ0v) is 21.2. The number of allylic oxidation sites excluding steroid dienone is 2. The second-order valence-electron chi connectivity index (χ2n) is 8.50. The van der Waals surface area contributed by atoms with Crippen molar-refractivity contribution in [1.29, 1.82) is 0 Å². The number of hydrogen-bond acceptors (Lipinski definition) is 8. The molecule has 3 rings (SSSR count). The number of ether oxygens (including phenoxy) is 3. The van der Waals surface area contributed by atoms with Crippen molar-refractivity contribution in [1.82, 2.24) is 5.32 Å². The molecule has 1 N–H and O–H groups in total. The molecule has 2 unspecified atom stereocenters. The van der Waals surface area contributed by atoms with Crippen LogP contribution in [0.5, 0.6) is 0 Å². The lowest BCUT2D eigenvalue weighted by atomic mass is 9.80. The van der Waals surface area contributed by atoms with Crippen molar-refractivity contribution in [2.24, 2.45) is 0 Å². The molecule has 0 spiro atoms. The fourth-order valence-electron chi connectivity index (χ4n) is 4.06. The molecule has 0 fully saturated rings. The maximum Gasteiger partial charge on any atom is 0.337 e. The number of nitrogens with zero attached hydrogens (tertiary/aromatic N) is 1. The molecule has 0 bridgehead atoms. The number of nitrogens with one attached hydrogen (secondary N) is 1. The molecule has 0 amide bonds. The molecule has 1 heterocycles. The van der Waals surface area contributed by atoms with E-state index in [1.54, 1.807) is 32.9 Å². The Bertz CT molecular complexity index is 1250. The largest absolute Gasteiger partial charge is 0.460 e. The predicted molar refractivity (Wildman–Crippen MR) is 138 cm³/mol. The summed E-state index contributed by atoms with van der Waals surface area (Å²) in [5.74, 6) is -2.25. The summed E-state index contributed by atoms with van der Waals surface area (Å²) in [6.45, 7) is 5.32. The van der Waals surface area contributed by atoms with Crippen LogP contribution >= 0.6 is 0 Å². The molecule has 0 aliphatic carbocycles. The number of nitro groups is 1. The molecule has 37 heavy (non-hydrogen) atoms. The summed E-state index contributed by atoms with van der Waals surface area (Å²) in [5, 5.41) is 14.5. The summed E-state index contributed by atoms with van der Waals surface area (Å²) in [4.78, 5) is 37.6. The molecular formula is C28H30N2O7. The molecule has 0 saturated heterocycles. The first-order valence-electron chi connectivity index (χ1n) is 11.8. The molecule has 194 valence electrons. The fourth-order valence-corrected chi connectivity index (χ4v) is 4.06. The van der Waals surface area contributed by atoms with Crippen LogP contribution in [-0.4, -0.2) is 43.3 Å². The molecule has 1 aliphatic rings. The first-order chi connectivity index (χ1) is 17.7. The van der Waals surface area contributed by atoms with Crippen LogP contribution in [0, 0.1) is 10.1 Å². The van der Waals surface area contributed by atoms with E-state index in [2.05, 4.69) is 5.32 Å². The number of rotatable bonds is 10. The Kier molecular flexibility index (Phi) is 9.34. The molecular weight excluding hydrogens is 476 g/mol. The third-order valence-electron chi connectivity index (χ3n) is 5.79. The number of nitro benzene ring substituents is 1. The van der Waals surface area contributed by atoms with Gasteiger partial charge in [-0.05, 0) is 38.0 Å².